The van der Waals surface area contributed by atoms with E-state index in [9.17, 15) is 4.79 Å². The Kier molecular flexibility index (Phi) is 8.72. The number of benzene rings is 1. The number of piperidine rings is 1. The molecular formula is C25H41NO3. The Morgan fingerprint density at radius 2 is 1.76 bits per heavy atom. The summed E-state index contributed by atoms with van der Waals surface area (Å²) >= 11 is 0. The fraction of sp³-hybridized carbons (Fsp3) is 0.720. The summed E-state index contributed by atoms with van der Waals surface area (Å²) in [6.45, 7) is 13.1. The van der Waals surface area contributed by atoms with E-state index in [2.05, 4.69) is 70.9 Å². The number of hydroxylamine groups is 2. The van der Waals surface area contributed by atoms with Crippen LogP contribution >= 0.6 is 0 Å². The number of hydrogen-bond acceptors (Lipinski definition) is 4. The van der Waals surface area contributed by atoms with Crippen molar-refractivity contribution in [2.75, 3.05) is 0 Å². The van der Waals surface area contributed by atoms with Gasteiger partial charge in [0.1, 0.15) is 12.2 Å². The van der Waals surface area contributed by atoms with Gasteiger partial charge in [0, 0.05) is 30.3 Å². The van der Waals surface area contributed by atoms with Gasteiger partial charge in [0.2, 0.25) is 0 Å². The molecule has 1 aromatic carbocycles. The van der Waals surface area contributed by atoms with E-state index in [1.54, 1.807) is 0 Å². The number of esters is 1. The van der Waals surface area contributed by atoms with Gasteiger partial charge < -0.3 is 4.74 Å². The van der Waals surface area contributed by atoms with Gasteiger partial charge in [-0.05, 0) is 45.6 Å². The van der Waals surface area contributed by atoms with Crippen molar-refractivity contribution >= 4 is 5.97 Å². The molecule has 4 nitrogen and oxygen atoms in total. The van der Waals surface area contributed by atoms with Crippen LogP contribution < -0.4 is 0 Å². The van der Waals surface area contributed by atoms with Crippen molar-refractivity contribution in [1.29, 1.82) is 0 Å². The lowest BCUT2D eigenvalue weighted by atomic mass is 9.75. The highest BCUT2D eigenvalue weighted by molar-refractivity contribution is 5.69. The minimum absolute atomic E-state index is 0.0268. The summed E-state index contributed by atoms with van der Waals surface area (Å²) in [6, 6.07) is 10.4. The van der Waals surface area contributed by atoms with E-state index in [0.29, 0.717) is 6.42 Å². The van der Waals surface area contributed by atoms with Crippen LogP contribution in [0.3, 0.4) is 0 Å². The molecule has 164 valence electrons. The van der Waals surface area contributed by atoms with Crippen molar-refractivity contribution in [2.24, 2.45) is 0 Å². The number of hydrogen-bond donors (Lipinski definition) is 0. The molecule has 29 heavy (non-hydrogen) atoms. The zero-order valence-corrected chi connectivity index (χ0v) is 19.4. The predicted molar refractivity (Wildman–Crippen MR) is 118 cm³/mol. The summed E-state index contributed by atoms with van der Waals surface area (Å²) in [5, 5.41) is 2.24. The van der Waals surface area contributed by atoms with Gasteiger partial charge in [-0.15, -0.1) is 0 Å². The molecule has 0 aliphatic carbocycles. The van der Waals surface area contributed by atoms with Gasteiger partial charge in [0.25, 0.3) is 0 Å². The van der Waals surface area contributed by atoms with Gasteiger partial charge in [0.15, 0.2) is 0 Å². The van der Waals surface area contributed by atoms with Crippen LogP contribution in [0.4, 0.5) is 0 Å². The largest absolute Gasteiger partial charge is 0.462 e. The highest BCUT2D eigenvalue weighted by Gasteiger charge is 2.51. The quantitative estimate of drug-likeness (QED) is 0.326. The van der Waals surface area contributed by atoms with E-state index in [0.717, 1.165) is 44.9 Å². The van der Waals surface area contributed by atoms with E-state index >= 15 is 0 Å². The maximum atomic E-state index is 12.4. The van der Waals surface area contributed by atoms with Gasteiger partial charge >= 0.3 is 5.97 Å². The van der Waals surface area contributed by atoms with Crippen LogP contribution in [0.1, 0.15) is 105 Å². The van der Waals surface area contributed by atoms with Crippen LogP contribution in [-0.4, -0.2) is 28.2 Å². The van der Waals surface area contributed by atoms with Gasteiger partial charge in [-0.2, -0.15) is 5.06 Å². The molecule has 1 aliphatic heterocycles. The Hall–Kier alpha value is -1.39. The number of carbonyl (C=O) groups excluding carboxylic acids is 1. The van der Waals surface area contributed by atoms with E-state index < -0.39 is 0 Å². The lowest BCUT2D eigenvalue weighted by Crippen LogP contribution is -2.64. The molecule has 2 unspecified atom stereocenters. The Balaban J connectivity index is 2.15. The third kappa shape index (κ3) is 6.05. The maximum Gasteiger partial charge on any atom is 0.306 e. The van der Waals surface area contributed by atoms with Crippen LogP contribution in [0.15, 0.2) is 30.3 Å². The van der Waals surface area contributed by atoms with Crippen molar-refractivity contribution in [2.45, 2.75) is 116 Å². The van der Waals surface area contributed by atoms with Crippen LogP contribution in [0.5, 0.6) is 0 Å². The summed E-state index contributed by atoms with van der Waals surface area (Å²) in [7, 11) is 0. The molecule has 0 spiro atoms. The molecule has 0 saturated carbocycles. The Labute approximate surface area is 177 Å². The van der Waals surface area contributed by atoms with Crippen LogP contribution in [-0.2, 0) is 14.4 Å². The monoisotopic (exact) mass is 403 g/mol. The fourth-order valence-corrected chi connectivity index (χ4v) is 4.73. The minimum Gasteiger partial charge on any atom is -0.462 e. The Morgan fingerprint density at radius 1 is 1.10 bits per heavy atom. The van der Waals surface area contributed by atoms with Crippen molar-refractivity contribution in [3.05, 3.63) is 35.9 Å². The molecule has 1 aromatic rings. The highest BCUT2D eigenvalue weighted by Crippen LogP contribution is 2.45. The number of carbonyl (C=O) groups is 1. The lowest BCUT2D eigenvalue weighted by molar-refractivity contribution is -0.323. The highest BCUT2D eigenvalue weighted by atomic mass is 16.7. The summed E-state index contributed by atoms with van der Waals surface area (Å²) in [5.74, 6) is -0.0487. The van der Waals surface area contributed by atoms with Crippen molar-refractivity contribution in [3.8, 4) is 0 Å². The van der Waals surface area contributed by atoms with E-state index in [4.69, 9.17) is 9.57 Å². The second-order valence-corrected chi connectivity index (χ2v) is 9.17. The number of nitrogens with zero attached hydrogens (tertiary/aromatic N) is 1. The number of ether oxygens (including phenoxy) is 1. The summed E-state index contributed by atoms with van der Waals surface area (Å²) in [5.41, 5.74) is 0.815. The average Bonchev–Trinajstić information content (AvgIpc) is 2.70. The van der Waals surface area contributed by atoms with E-state index in [1.807, 2.05) is 6.07 Å². The van der Waals surface area contributed by atoms with Crippen molar-refractivity contribution in [1.82, 2.24) is 5.06 Å². The second-order valence-electron chi connectivity index (χ2n) is 9.17. The summed E-state index contributed by atoms with van der Waals surface area (Å²) < 4.78 is 5.95. The molecule has 1 saturated heterocycles. The molecular weight excluding hydrogens is 362 g/mol. The molecule has 4 heteroatoms. The van der Waals surface area contributed by atoms with Crippen molar-refractivity contribution in [3.63, 3.8) is 0 Å². The summed E-state index contributed by atoms with van der Waals surface area (Å²) in [4.78, 5) is 19.0. The first-order valence-electron chi connectivity index (χ1n) is 11.5. The molecule has 2 atom stereocenters. The Morgan fingerprint density at radius 3 is 2.34 bits per heavy atom. The molecule has 1 heterocycles. The van der Waals surface area contributed by atoms with Crippen LogP contribution in [0.2, 0.25) is 0 Å². The van der Waals surface area contributed by atoms with E-state index in [1.165, 1.54) is 5.56 Å². The second kappa shape index (κ2) is 10.6. The molecule has 0 aromatic heterocycles. The number of rotatable bonds is 10. The third-order valence-electron chi connectivity index (χ3n) is 6.45. The maximum absolute atomic E-state index is 12.4. The topological polar surface area (TPSA) is 38.8 Å². The first kappa shape index (κ1) is 23.9. The smallest absolute Gasteiger partial charge is 0.306 e. The number of unbranched alkanes of at least 4 members (excludes halogenated alkanes) is 2. The van der Waals surface area contributed by atoms with Crippen molar-refractivity contribution < 1.29 is 14.4 Å². The van der Waals surface area contributed by atoms with E-state index in [-0.39, 0.29) is 29.3 Å². The zero-order valence-electron chi connectivity index (χ0n) is 19.4. The van der Waals surface area contributed by atoms with Crippen LogP contribution in [0.25, 0.3) is 0 Å². The van der Waals surface area contributed by atoms with Gasteiger partial charge in [-0.1, -0.05) is 63.9 Å². The third-order valence-corrected chi connectivity index (χ3v) is 6.45. The predicted octanol–water partition coefficient (Wildman–Crippen LogP) is 6.60. The molecule has 1 fully saturated rings. The molecule has 0 bridgehead atoms. The summed E-state index contributed by atoms with van der Waals surface area (Å²) in [6.07, 6.45) is 7.09. The molecule has 0 radical (unpaired) electrons. The SMILES string of the molecule is CCCCCC(=O)OC1CC(C)(C)N(OC(C)c2ccccc2)C(CC)(CC)C1. The first-order chi connectivity index (χ1) is 13.8. The normalized spacial score (nSPS) is 22.2. The molecule has 2 rings (SSSR count). The van der Waals surface area contributed by atoms with Crippen LogP contribution in [0, 0.1) is 0 Å². The molecule has 1 aliphatic rings. The molecule has 0 amide bonds. The minimum atomic E-state index is -0.221. The fourth-order valence-electron chi connectivity index (χ4n) is 4.73. The Bertz CT molecular complexity index is 624. The zero-order chi connectivity index (χ0) is 21.5. The van der Waals surface area contributed by atoms with Gasteiger partial charge in [-0.25, -0.2) is 0 Å². The first-order valence-corrected chi connectivity index (χ1v) is 11.5. The average molecular weight is 404 g/mol. The molecule has 0 N–H and O–H groups in total. The van der Waals surface area contributed by atoms with Gasteiger partial charge in [-0.3, -0.25) is 9.63 Å². The lowest BCUT2D eigenvalue weighted by Gasteiger charge is -2.56. The van der Waals surface area contributed by atoms with Gasteiger partial charge in [0.05, 0.1) is 0 Å². The standard InChI is InChI=1S/C25H41NO3/c1-7-10-12-17-23(27)28-22-18-24(5,6)26(25(8-2,9-3)19-22)29-20(4)21-15-13-11-14-16-21/h11,13-16,20,22H,7-10,12,17-19H2,1-6H3.